The molecule has 2 unspecified atom stereocenters. The van der Waals surface area contributed by atoms with Crippen LogP contribution >= 0.6 is 0 Å². The summed E-state index contributed by atoms with van der Waals surface area (Å²) in [7, 11) is 0. The van der Waals surface area contributed by atoms with Gasteiger partial charge in [-0.3, -0.25) is 24.3 Å². The number of carbonyl (C=O) groups is 2. The monoisotopic (exact) mass is 405 g/mol. The van der Waals surface area contributed by atoms with Gasteiger partial charge in [0, 0.05) is 38.3 Å². The van der Waals surface area contributed by atoms with Gasteiger partial charge in [-0.15, -0.1) is 0 Å². The van der Waals surface area contributed by atoms with E-state index in [0.717, 1.165) is 39.0 Å². The highest BCUT2D eigenvalue weighted by Crippen LogP contribution is 2.23. The van der Waals surface area contributed by atoms with Gasteiger partial charge < -0.3 is 0 Å². The van der Waals surface area contributed by atoms with Gasteiger partial charge in [0.25, 0.3) is 11.8 Å². The fraction of sp³-hybridized carbons (Fsp3) is 0.440. The molecule has 2 amide bonds. The van der Waals surface area contributed by atoms with Crippen LogP contribution in [0.25, 0.3) is 0 Å². The number of benzene rings is 2. The predicted octanol–water partition coefficient (Wildman–Crippen LogP) is 3.66. The summed E-state index contributed by atoms with van der Waals surface area (Å²) < 4.78 is 0. The fourth-order valence-corrected chi connectivity index (χ4v) is 4.65. The summed E-state index contributed by atoms with van der Waals surface area (Å²) in [4.78, 5) is 31.5. The van der Waals surface area contributed by atoms with E-state index in [2.05, 4.69) is 54.0 Å². The van der Waals surface area contributed by atoms with Gasteiger partial charge in [-0.1, -0.05) is 42.5 Å². The number of imide groups is 1. The molecule has 158 valence electrons. The molecule has 0 aliphatic carbocycles. The van der Waals surface area contributed by atoms with Crippen molar-refractivity contribution in [1.29, 1.82) is 0 Å². The second-order valence-corrected chi connectivity index (χ2v) is 8.62. The number of nitrogens with zero attached hydrogens (tertiary/aromatic N) is 3. The number of unbranched alkanes of at least 4 members (excludes halogenated alkanes) is 1. The Morgan fingerprint density at radius 1 is 0.733 bits per heavy atom. The highest BCUT2D eigenvalue weighted by Gasteiger charge is 2.34. The summed E-state index contributed by atoms with van der Waals surface area (Å²) in [5.41, 5.74) is 2.45. The average molecular weight is 406 g/mol. The highest BCUT2D eigenvalue weighted by molar-refractivity contribution is 6.21. The first-order valence-electron chi connectivity index (χ1n) is 11.0. The van der Waals surface area contributed by atoms with Crippen molar-refractivity contribution in [3.63, 3.8) is 0 Å². The molecule has 5 heteroatoms. The van der Waals surface area contributed by atoms with Crippen LogP contribution in [0.2, 0.25) is 0 Å². The summed E-state index contributed by atoms with van der Waals surface area (Å²) in [6, 6.07) is 18.8. The van der Waals surface area contributed by atoms with E-state index in [-0.39, 0.29) is 11.8 Å². The van der Waals surface area contributed by atoms with Crippen molar-refractivity contribution in [3.05, 3.63) is 71.3 Å². The molecule has 1 fully saturated rings. The molecule has 0 N–H and O–H groups in total. The fourth-order valence-electron chi connectivity index (χ4n) is 4.65. The average Bonchev–Trinajstić information content (AvgIpc) is 3.00. The minimum absolute atomic E-state index is 0.146. The lowest BCUT2D eigenvalue weighted by Crippen LogP contribution is -2.56. The minimum atomic E-state index is -0.146. The molecule has 0 radical (unpaired) electrons. The van der Waals surface area contributed by atoms with Gasteiger partial charge in [-0.05, 0) is 50.9 Å². The van der Waals surface area contributed by atoms with Crippen molar-refractivity contribution in [2.75, 3.05) is 26.2 Å². The Morgan fingerprint density at radius 3 is 1.93 bits per heavy atom. The van der Waals surface area contributed by atoms with E-state index in [1.165, 1.54) is 10.5 Å². The first kappa shape index (κ1) is 20.8. The smallest absolute Gasteiger partial charge is 0.261 e. The minimum Gasteiger partial charge on any atom is -0.298 e. The zero-order valence-electron chi connectivity index (χ0n) is 18.0. The maximum atomic E-state index is 12.5. The Balaban J connectivity index is 1.23. The quantitative estimate of drug-likeness (QED) is 0.521. The number of amides is 2. The van der Waals surface area contributed by atoms with Crippen LogP contribution in [0.4, 0.5) is 0 Å². The Labute approximate surface area is 179 Å². The van der Waals surface area contributed by atoms with Crippen molar-refractivity contribution in [3.8, 4) is 0 Å². The molecular formula is C25H31N3O2. The number of rotatable bonds is 7. The third-order valence-electron chi connectivity index (χ3n) is 6.43. The SMILES string of the molecule is CC1CN(Cc2ccccc2)C(C)CN1CCCCN1C(=O)c2ccccc2C1=O. The second-order valence-electron chi connectivity index (χ2n) is 8.62. The molecule has 0 saturated carbocycles. The van der Waals surface area contributed by atoms with Crippen LogP contribution < -0.4 is 0 Å². The zero-order valence-corrected chi connectivity index (χ0v) is 18.0. The molecule has 2 aromatic carbocycles. The van der Waals surface area contributed by atoms with E-state index in [9.17, 15) is 9.59 Å². The van der Waals surface area contributed by atoms with Gasteiger partial charge >= 0.3 is 0 Å². The van der Waals surface area contributed by atoms with Crippen LogP contribution in [-0.4, -0.2) is 64.8 Å². The highest BCUT2D eigenvalue weighted by atomic mass is 16.2. The molecule has 2 aliphatic heterocycles. The first-order chi connectivity index (χ1) is 14.5. The van der Waals surface area contributed by atoms with Gasteiger partial charge in [-0.2, -0.15) is 0 Å². The summed E-state index contributed by atoms with van der Waals surface area (Å²) in [5.74, 6) is -0.292. The summed E-state index contributed by atoms with van der Waals surface area (Å²) in [6.45, 7) is 9.24. The molecular weight excluding hydrogens is 374 g/mol. The maximum absolute atomic E-state index is 12.5. The molecule has 5 nitrogen and oxygen atoms in total. The van der Waals surface area contributed by atoms with E-state index in [0.29, 0.717) is 29.8 Å². The van der Waals surface area contributed by atoms with E-state index in [1.54, 1.807) is 12.1 Å². The topological polar surface area (TPSA) is 43.9 Å². The van der Waals surface area contributed by atoms with E-state index in [1.807, 2.05) is 12.1 Å². The lowest BCUT2D eigenvalue weighted by Gasteiger charge is -2.44. The van der Waals surface area contributed by atoms with E-state index in [4.69, 9.17) is 0 Å². The Morgan fingerprint density at radius 2 is 1.27 bits per heavy atom. The van der Waals surface area contributed by atoms with Crippen LogP contribution in [-0.2, 0) is 6.54 Å². The molecule has 0 bridgehead atoms. The van der Waals surface area contributed by atoms with Crippen LogP contribution in [0.3, 0.4) is 0 Å². The molecule has 30 heavy (non-hydrogen) atoms. The van der Waals surface area contributed by atoms with Gasteiger partial charge in [0.05, 0.1) is 11.1 Å². The third-order valence-corrected chi connectivity index (χ3v) is 6.43. The van der Waals surface area contributed by atoms with Crippen LogP contribution in [0.1, 0.15) is 53.0 Å². The molecule has 2 aromatic rings. The van der Waals surface area contributed by atoms with Crippen LogP contribution in [0.5, 0.6) is 0 Å². The van der Waals surface area contributed by atoms with Crippen LogP contribution in [0, 0.1) is 0 Å². The van der Waals surface area contributed by atoms with Crippen molar-refractivity contribution < 1.29 is 9.59 Å². The third kappa shape index (κ3) is 4.32. The largest absolute Gasteiger partial charge is 0.298 e. The van der Waals surface area contributed by atoms with Crippen molar-refractivity contribution in [1.82, 2.24) is 14.7 Å². The molecule has 2 atom stereocenters. The molecule has 0 aromatic heterocycles. The van der Waals surface area contributed by atoms with E-state index >= 15 is 0 Å². The number of hydrogen-bond donors (Lipinski definition) is 0. The predicted molar refractivity (Wildman–Crippen MR) is 118 cm³/mol. The molecule has 4 rings (SSSR count). The van der Waals surface area contributed by atoms with Gasteiger partial charge in [0.2, 0.25) is 0 Å². The normalized spacial score (nSPS) is 22.5. The number of piperazine rings is 1. The summed E-state index contributed by atoms with van der Waals surface area (Å²) >= 11 is 0. The zero-order chi connectivity index (χ0) is 21.1. The van der Waals surface area contributed by atoms with Crippen LogP contribution in [0.15, 0.2) is 54.6 Å². The van der Waals surface area contributed by atoms with Gasteiger partial charge in [-0.25, -0.2) is 0 Å². The summed E-state index contributed by atoms with van der Waals surface area (Å²) in [5, 5.41) is 0. The first-order valence-corrected chi connectivity index (χ1v) is 11.0. The number of carbonyl (C=O) groups excluding carboxylic acids is 2. The van der Waals surface area contributed by atoms with Gasteiger partial charge in [0.1, 0.15) is 0 Å². The standard InChI is InChI=1S/C25H31N3O2/c1-19-17-27(18-21-10-4-3-5-11-21)20(2)16-26(19)14-8-9-15-28-24(29)22-12-6-7-13-23(22)25(28)30/h3-7,10-13,19-20H,8-9,14-18H2,1-2H3. The lowest BCUT2D eigenvalue weighted by molar-refractivity contribution is 0.0362. The van der Waals surface area contributed by atoms with Crippen molar-refractivity contribution >= 4 is 11.8 Å². The maximum Gasteiger partial charge on any atom is 0.261 e. The Kier molecular flexibility index (Phi) is 6.30. The molecule has 2 aliphatic rings. The Hall–Kier alpha value is -2.50. The van der Waals surface area contributed by atoms with Crippen molar-refractivity contribution in [2.45, 2.75) is 45.3 Å². The van der Waals surface area contributed by atoms with Crippen molar-refractivity contribution in [2.24, 2.45) is 0 Å². The molecule has 0 spiro atoms. The second kappa shape index (κ2) is 9.11. The lowest BCUT2D eigenvalue weighted by atomic mass is 10.1. The molecule has 2 heterocycles. The molecule has 1 saturated heterocycles. The van der Waals surface area contributed by atoms with Gasteiger partial charge in [0.15, 0.2) is 0 Å². The van der Waals surface area contributed by atoms with E-state index < -0.39 is 0 Å². The Bertz CT molecular complexity index is 863. The number of fused-ring (bicyclic) bond motifs is 1. The summed E-state index contributed by atoms with van der Waals surface area (Å²) in [6.07, 6.45) is 1.83. The number of hydrogen-bond acceptors (Lipinski definition) is 4.